The van der Waals surface area contributed by atoms with Crippen LogP contribution in [0.15, 0.2) is 60.5 Å². The monoisotopic (exact) mass is 431 g/mol. The Morgan fingerprint density at radius 1 is 1.12 bits per heavy atom. The van der Waals surface area contributed by atoms with Crippen LogP contribution >= 0.6 is 0 Å². The number of para-hydroxylation sites is 1. The number of ketones is 1. The summed E-state index contributed by atoms with van der Waals surface area (Å²) in [6.45, 7) is 7.49. The molecule has 2 aliphatic rings. The van der Waals surface area contributed by atoms with Gasteiger partial charge in [-0.15, -0.1) is 0 Å². The minimum Gasteiger partial charge on any atom is -0.493 e. The predicted molar refractivity (Wildman–Crippen MR) is 120 cm³/mol. The van der Waals surface area contributed by atoms with E-state index < -0.39 is 17.8 Å². The third-order valence-corrected chi connectivity index (χ3v) is 5.73. The second-order valence-corrected chi connectivity index (χ2v) is 9.32. The van der Waals surface area contributed by atoms with Crippen LogP contribution in [0.3, 0.4) is 0 Å². The summed E-state index contributed by atoms with van der Waals surface area (Å²) in [7, 11) is 0. The number of aromatic nitrogens is 1. The lowest BCUT2D eigenvalue weighted by Gasteiger charge is -2.33. The van der Waals surface area contributed by atoms with Crippen LogP contribution in [-0.2, 0) is 9.47 Å². The number of aryl methyl sites for hydroxylation is 1. The largest absolute Gasteiger partial charge is 0.493 e. The van der Waals surface area contributed by atoms with Gasteiger partial charge < -0.3 is 14.2 Å². The molecule has 6 heteroatoms. The summed E-state index contributed by atoms with van der Waals surface area (Å²) >= 11 is 0. The maximum absolute atomic E-state index is 13.0. The van der Waals surface area contributed by atoms with Crippen molar-refractivity contribution in [2.24, 2.45) is 0 Å². The van der Waals surface area contributed by atoms with Crippen LogP contribution in [0.2, 0.25) is 0 Å². The number of fused-ring (bicyclic) bond motifs is 3. The van der Waals surface area contributed by atoms with Crippen molar-refractivity contribution in [3.8, 4) is 5.75 Å². The number of hydrogen-bond donors (Lipinski definition) is 0. The number of carbonyl (C=O) groups is 2. The highest BCUT2D eigenvalue weighted by Gasteiger charge is 2.38. The molecule has 2 aliphatic heterocycles. The third kappa shape index (κ3) is 3.45. The van der Waals surface area contributed by atoms with E-state index in [0.29, 0.717) is 23.3 Å². The fourth-order valence-corrected chi connectivity index (χ4v) is 4.27. The van der Waals surface area contributed by atoms with Crippen molar-refractivity contribution in [2.45, 2.75) is 51.9 Å². The van der Waals surface area contributed by atoms with Gasteiger partial charge in [-0.2, -0.15) is 0 Å². The first-order valence-electron chi connectivity index (χ1n) is 10.7. The standard InChI is InChI=1S/C26H25NO5/c1-15-9-10-17-22(11-15)31-23-12-21(30-14-19(23)24(17)28)18-13-27(25(29)32-26(2,3)4)20-8-6-5-7-16(18)20/h5-11,13-14,21,23H,12H2,1-4H3. The van der Waals surface area contributed by atoms with Crippen molar-refractivity contribution in [1.82, 2.24) is 4.57 Å². The molecule has 0 amide bonds. The maximum atomic E-state index is 13.0. The molecule has 1 aromatic heterocycles. The van der Waals surface area contributed by atoms with E-state index in [4.69, 9.17) is 14.2 Å². The maximum Gasteiger partial charge on any atom is 0.419 e. The summed E-state index contributed by atoms with van der Waals surface area (Å²) in [4.78, 5) is 25.8. The Bertz CT molecular complexity index is 1280. The Kier molecular flexibility index (Phi) is 4.62. The SMILES string of the molecule is Cc1ccc2c(c1)OC1CC(c3cn(C(=O)OC(C)(C)C)c4ccccc34)OC=C1C2=O. The Labute approximate surface area is 186 Å². The summed E-state index contributed by atoms with van der Waals surface area (Å²) in [6.07, 6.45) is 2.54. The summed E-state index contributed by atoms with van der Waals surface area (Å²) in [5.41, 5.74) is 3.11. The summed E-state index contributed by atoms with van der Waals surface area (Å²) in [5.74, 6) is 0.542. The Morgan fingerprint density at radius 2 is 1.91 bits per heavy atom. The van der Waals surface area contributed by atoms with Crippen molar-refractivity contribution < 1.29 is 23.8 Å². The van der Waals surface area contributed by atoms with Gasteiger partial charge in [0.1, 0.15) is 23.6 Å². The van der Waals surface area contributed by atoms with Crippen molar-refractivity contribution in [3.05, 3.63) is 77.2 Å². The first-order chi connectivity index (χ1) is 15.2. The molecule has 3 aromatic rings. The Hall–Kier alpha value is -3.54. The molecule has 2 aromatic carbocycles. The zero-order valence-electron chi connectivity index (χ0n) is 18.5. The number of ether oxygens (including phenoxy) is 3. The van der Waals surface area contributed by atoms with Gasteiger partial charge in [-0.1, -0.05) is 24.3 Å². The van der Waals surface area contributed by atoms with Gasteiger partial charge in [0.2, 0.25) is 0 Å². The molecule has 5 rings (SSSR count). The van der Waals surface area contributed by atoms with Gasteiger partial charge in [0.25, 0.3) is 0 Å². The average Bonchev–Trinajstić information content (AvgIpc) is 3.12. The van der Waals surface area contributed by atoms with E-state index in [1.165, 1.54) is 10.8 Å². The minimum atomic E-state index is -0.608. The van der Waals surface area contributed by atoms with E-state index in [2.05, 4.69) is 0 Å². The molecule has 164 valence electrons. The molecule has 0 radical (unpaired) electrons. The molecule has 0 bridgehead atoms. The van der Waals surface area contributed by atoms with Crippen LogP contribution in [-0.4, -0.2) is 28.1 Å². The average molecular weight is 431 g/mol. The van der Waals surface area contributed by atoms with E-state index in [-0.39, 0.29) is 11.9 Å². The molecule has 32 heavy (non-hydrogen) atoms. The summed E-state index contributed by atoms with van der Waals surface area (Å²) in [6, 6.07) is 13.2. The van der Waals surface area contributed by atoms with Crippen LogP contribution < -0.4 is 4.74 Å². The van der Waals surface area contributed by atoms with Gasteiger partial charge in [0.05, 0.1) is 22.9 Å². The van der Waals surface area contributed by atoms with E-state index >= 15 is 0 Å². The molecule has 0 saturated heterocycles. The summed E-state index contributed by atoms with van der Waals surface area (Å²) < 4.78 is 19.3. The van der Waals surface area contributed by atoms with Crippen molar-refractivity contribution in [1.29, 1.82) is 0 Å². The topological polar surface area (TPSA) is 66.8 Å². The molecule has 0 saturated carbocycles. The van der Waals surface area contributed by atoms with Crippen LogP contribution in [0.4, 0.5) is 4.79 Å². The van der Waals surface area contributed by atoms with E-state index in [0.717, 1.165) is 22.0 Å². The summed E-state index contributed by atoms with van der Waals surface area (Å²) in [5, 5.41) is 0.901. The number of rotatable bonds is 1. The van der Waals surface area contributed by atoms with Crippen molar-refractivity contribution in [2.75, 3.05) is 0 Å². The van der Waals surface area contributed by atoms with Gasteiger partial charge in [0, 0.05) is 23.6 Å². The molecule has 0 N–H and O–H groups in total. The molecule has 3 heterocycles. The van der Waals surface area contributed by atoms with Crippen LogP contribution in [0.5, 0.6) is 5.75 Å². The molecule has 2 unspecified atom stereocenters. The molecule has 6 nitrogen and oxygen atoms in total. The second kappa shape index (κ2) is 7.26. The fraction of sp³-hybridized carbons (Fsp3) is 0.308. The Balaban J connectivity index is 1.50. The van der Waals surface area contributed by atoms with E-state index in [1.807, 2.05) is 64.1 Å². The fourth-order valence-electron chi connectivity index (χ4n) is 4.27. The highest BCUT2D eigenvalue weighted by atomic mass is 16.6. The molecule has 0 spiro atoms. The number of hydrogen-bond acceptors (Lipinski definition) is 5. The normalized spacial score (nSPS) is 20.0. The van der Waals surface area contributed by atoms with E-state index in [9.17, 15) is 9.59 Å². The first kappa shape index (κ1) is 20.4. The van der Waals surface area contributed by atoms with Gasteiger partial charge >= 0.3 is 6.09 Å². The van der Waals surface area contributed by atoms with Gasteiger partial charge in [-0.25, -0.2) is 4.79 Å². The zero-order chi connectivity index (χ0) is 22.6. The third-order valence-electron chi connectivity index (χ3n) is 5.73. The Morgan fingerprint density at radius 3 is 2.69 bits per heavy atom. The first-order valence-corrected chi connectivity index (χ1v) is 10.7. The molecular weight excluding hydrogens is 406 g/mol. The highest BCUT2D eigenvalue weighted by Crippen LogP contribution is 2.41. The van der Waals surface area contributed by atoms with Crippen molar-refractivity contribution >= 4 is 22.8 Å². The lowest BCUT2D eigenvalue weighted by Crippen LogP contribution is -2.34. The molecular formula is C26H25NO5. The lowest BCUT2D eigenvalue weighted by molar-refractivity contribution is 0.0531. The van der Waals surface area contributed by atoms with Gasteiger partial charge in [-0.3, -0.25) is 9.36 Å². The number of carbonyl (C=O) groups excluding carboxylic acids is 2. The van der Waals surface area contributed by atoms with Gasteiger partial charge in [-0.05, 0) is 51.5 Å². The smallest absolute Gasteiger partial charge is 0.419 e. The van der Waals surface area contributed by atoms with E-state index in [1.54, 1.807) is 12.3 Å². The number of Topliss-reactive ketones (excluding diaryl/α,β-unsaturated/α-hetero) is 1. The van der Waals surface area contributed by atoms with Crippen molar-refractivity contribution in [3.63, 3.8) is 0 Å². The van der Waals surface area contributed by atoms with Crippen LogP contribution in [0, 0.1) is 6.92 Å². The zero-order valence-corrected chi connectivity index (χ0v) is 18.5. The number of nitrogens with zero attached hydrogens (tertiary/aromatic N) is 1. The highest BCUT2D eigenvalue weighted by molar-refractivity contribution is 6.12. The van der Waals surface area contributed by atoms with Crippen LogP contribution in [0.25, 0.3) is 10.9 Å². The quantitative estimate of drug-likeness (QED) is 0.493. The van der Waals surface area contributed by atoms with Crippen LogP contribution in [0.1, 0.15) is 54.8 Å². The lowest BCUT2D eigenvalue weighted by atomic mass is 9.89. The molecule has 0 aliphatic carbocycles. The van der Waals surface area contributed by atoms with Gasteiger partial charge in [0.15, 0.2) is 5.78 Å². The number of benzene rings is 2. The molecule has 2 atom stereocenters. The minimum absolute atomic E-state index is 0.0640. The molecule has 0 fully saturated rings. The second-order valence-electron chi connectivity index (χ2n) is 9.32. The predicted octanol–water partition coefficient (Wildman–Crippen LogP) is 5.72.